The molecule has 0 radical (unpaired) electrons. The zero-order valence-electron chi connectivity index (χ0n) is 7.44. The molecule has 1 heterocycles. The molecule has 0 saturated carbocycles. The van der Waals surface area contributed by atoms with Gasteiger partial charge in [0.1, 0.15) is 0 Å². The topological polar surface area (TPSA) is 12.0 Å². The van der Waals surface area contributed by atoms with E-state index < -0.39 is 6.30 Å². The van der Waals surface area contributed by atoms with Crippen LogP contribution in [0.1, 0.15) is 33.1 Å². The molecule has 1 nitrogen and oxygen atoms in total. The zero-order chi connectivity index (χ0) is 8.27. The fourth-order valence-electron chi connectivity index (χ4n) is 1.82. The number of nitrogens with one attached hydrogen (secondary N) is 1. The van der Waals surface area contributed by atoms with E-state index in [4.69, 9.17) is 0 Å². The highest BCUT2D eigenvalue weighted by molar-refractivity contribution is 4.72. The van der Waals surface area contributed by atoms with Crippen LogP contribution in [0.3, 0.4) is 0 Å². The number of hydrogen-bond donors (Lipinski definition) is 1. The maximum atomic E-state index is 12.8. The van der Waals surface area contributed by atoms with Gasteiger partial charge in [0.25, 0.3) is 0 Å². The van der Waals surface area contributed by atoms with Crippen molar-refractivity contribution in [3.05, 3.63) is 0 Å². The number of halogens is 1. The van der Waals surface area contributed by atoms with Gasteiger partial charge in [-0.1, -0.05) is 13.8 Å². The zero-order valence-corrected chi connectivity index (χ0v) is 7.44. The molecule has 2 unspecified atom stereocenters. The van der Waals surface area contributed by atoms with Crippen molar-refractivity contribution in [1.29, 1.82) is 0 Å². The molecule has 1 N–H and O–H groups in total. The van der Waals surface area contributed by atoms with Crippen molar-refractivity contribution < 1.29 is 4.39 Å². The van der Waals surface area contributed by atoms with E-state index >= 15 is 0 Å². The molecule has 0 aromatic rings. The third-order valence-electron chi connectivity index (χ3n) is 2.26. The average molecular weight is 159 g/mol. The van der Waals surface area contributed by atoms with E-state index in [2.05, 4.69) is 19.2 Å². The van der Waals surface area contributed by atoms with E-state index in [9.17, 15) is 4.39 Å². The van der Waals surface area contributed by atoms with Gasteiger partial charge in [-0.15, -0.1) is 0 Å². The van der Waals surface area contributed by atoms with E-state index in [1.807, 2.05) is 0 Å². The second-order valence-electron chi connectivity index (χ2n) is 3.94. The number of hydrogen-bond acceptors (Lipinski definition) is 1. The fourth-order valence-corrected chi connectivity index (χ4v) is 1.82. The summed E-state index contributed by atoms with van der Waals surface area (Å²) in [4.78, 5) is 0. The van der Waals surface area contributed by atoms with Gasteiger partial charge in [0.05, 0.1) is 0 Å². The van der Waals surface area contributed by atoms with Crippen LogP contribution in [0.2, 0.25) is 0 Å². The van der Waals surface area contributed by atoms with Crippen LogP contribution < -0.4 is 5.32 Å². The number of alkyl halides is 1. The van der Waals surface area contributed by atoms with E-state index in [0.29, 0.717) is 11.8 Å². The van der Waals surface area contributed by atoms with Crippen LogP contribution in [0.4, 0.5) is 4.39 Å². The normalized spacial score (nSPS) is 32.7. The molecule has 0 amide bonds. The van der Waals surface area contributed by atoms with Gasteiger partial charge in [-0.2, -0.15) is 0 Å². The van der Waals surface area contributed by atoms with Gasteiger partial charge in [0.2, 0.25) is 0 Å². The van der Waals surface area contributed by atoms with Gasteiger partial charge in [-0.05, 0) is 37.6 Å². The quantitative estimate of drug-likeness (QED) is 0.610. The molecule has 1 aliphatic heterocycles. The van der Waals surface area contributed by atoms with Gasteiger partial charge in [-0.3, -0.25) is 5.32 Å². The van der Waals surface area contributed by atoms with Crippen LogP contribution in [0, 0.1) is 11.8 Å². The van der Waals surface area contributed by atoms with Crippen molar-refractivity contribution >= 4 is 0 Å². The lowest BCUT2D eigenvalue weighted by Gasteiger charge is -2.26. The summed E-state index contributed by atoms with van der Waals surface area (Å²) in [6.07, 6.45) is 2.31. The summed E-state index contributed by atoms with van der Waals surface area (Å²) in [5, 5.41) is 2.82. The Labute approximate surface area is 68.4 Å². The molecule has 0 bridgehead atoms. The van der Waals surface area contributed by atoms with Crippen LogP contribution in [0.15, 0.2) is 0 Å². The predicted octanol–water partition coefficient (Wildman–Crippen LogP) is 2.33. The van der Waals surface area contributed by atoms with Crippen molar-refractivity contribution in [2.24, 2.45) is 11.8 Å². The molecule has 1 aliphatic rings. The van der Waals surface area contributed by atoms with Crippen molar-refractivity contribution in [1.82, 2.24) is 5.32 Å². The van der Waals surface area contributed by atoms with E-state index in [1.54, 1.807) is 0 Å². The smallest absolute Gasteiger partial charge is 0.151 e. The summed E-state index contributed by atoms with van der Waals surface area (Å²) >= 11 is 0. The van der Waals surface area contributed by atoms with Crippen LogP contribution >= 0.6 is 0 Å². The summed E-state index contributed by atoms with van der Waals surface area (Å²) in [6, 6.07) is 0. The Morgan fingerprint density at radius 1 is 1.55 bits per heavy atom. The summed E-state index contributed by atoms with van der Waals surface area (Å²) in [7, 11) is 0. The Balaban J connectivity index is 2.23. The molecular weight excluding hydrogens is 141 g/mol. The third-order valence-corrected chi connectivity index (χ3v) is 2.26. The van der Waals surface area contributed by atoms with Gasteiger partial charge >= 0.3 is 0 Å². The molecule has 1 rings (SSSR count). The van der Waals surface area contributed by atoms with E-state index in [1.165, 1.54) is 6.42 Å². The highest BCUT2D eigenvalue weighted by atomic mass is 19.1. The first-order valence-electron chi connectivity index (χ1n) is 4.56. The molecule has 0 aromatic heterocycles. The van der Waals surface area contributed by atoms with Crippen molar-refractivity contribution in [2.75, 3.05) is 6.54 Å². The van der Waals surface area contributed by atoms with Crippen molar-refractivity contribution in [3.63, 3.8) is 0 Å². The number of piperidine rings is 1. The Bertz CT molecular complexity index is 112. The second-order valence-corrected chi connectivity index (χ2v) is 3.94. The van der Waals surface area contributed by atoms with Gasteiger partial charge in [0.15, 0.2) is 6.30 Å². The average Bonchev–Trinajstić information content (AvgIpc) is 1.85. The van der Waals surface area contributed by atoms with Crippen molar-refractivity contribution in [3.8, 4) is 0 Å². The Kier molecular flexibility index (Phi) is 3.31. The first kappa shape index (κ1) is 8.98. The molecule has 1 saturated heterocycles. The highest BCUT2D eigenvalue weighted by Crippen LogP contribution is 2.23. The Morgan fingerprint density at radius 3 is 2.82 bits per heavy atom. The SMILES string of the molecule is CC(C)CC1CCNC(F)C1. The largest absolute Gasteiger partial charge is 0.288 e. The molecule has 66 valence electrons. The van der Waals surface area contributed by atoms with Crippen LogP contribution in [0.5, 0.6) is 0 Å². The van der Waals surface area contributed by atoms with Crippen LogP contribution in [-0.4, -0.2) is 12.8 Å². The van der Waals surface area contributed by atoms with E-state index in [0.717, 1.165) is 19.4 Å². The lowest BCUT2D eigenvalue weighted by atomic mass is 9.89. The van der Waals surface area contributed by atoms with Crippen molar-refractivity contribution in [2.45, 2.75) is 39.4 Å². The summed E-state index contributed by atoms with van der Waals surface area (Å²) in [5.74, 6) is 1.33. The molecule has 11 heavy (non-hydrogen) atoms. The molecule has 0 aliphatic carbocycles. The summed E-state index contributed by atoms with van der Waals surface area (Å²) in [6.45, 7) is 5.27. The maximum absolute atomic E-state index is 12.8. The van der Waals surface area contributed by atoms with E-state index in [-0.39, 0.29) is 0 Å². The minimum atomic E-state index is -0.743. The Hall–Kier alpha value is -0.110. The van der Waals surface area contributed by atoms with Crippen LogP contribution in [0.25, 0.3) is 0 Å². The van der Waals surface area contributed by atoms with Gasteiger partial charge < -0.3 is 0 Å². The lowest BCUT2D eigenvalue weighted by molar-refractivity contribution is 0.163. The standard InChI is InChI=1S/C9H18FN/c1-7(2)5-8-3-4-11-9(10)6-8/h7-9,11H,3-6H2,1-2H3. The summed E-state index contributed by atoms with van der Waals surface area (Å²) < 4.78 is 12.8. The summed E-state index contributed by atoms with van der Waals surface area (Å²) in [5.41, 5.74) is 0. The highest BCUT2D eigenvalue weighted by Gasteiger charge is 2.20. The molecule has 2 heteroatoms. The molecule has 1 fully saturated rings. The predicted molar refractivity (Wildman–Crippen MR) is 45.1 cm³/mol. The molecular formula is C9H18FN. The maximum Gasteiger partial charge on any atom is 0.151 e. The fraction of sp³-hybridized carbons (Fsp3) is 1.00. The Morgan fingerprint density at radius 2 is 2.27 bits per heavy atom. The molecule has 2 atom stereocenters. The molecule has 0 aromatic carbocycles. The monoisotopic (exact) mass is 159 g/mol. The third kappa shape index (κ3) is 3.19. The molecule has 0 spiro atoms. The minimum Gasteiger partial charge on any atom is -0.288 e. The first-order valence-corrected chi connectivity index (χ1v) is 4.56. The lowest BCUT2D eigenvalue weighted by Crippen LogP contribution is -2.35. The number of rotatable bonds is 2. The van der Waals surface area contributed by atoms with Gasteiger partial charge in [0, 0.05) is 0 Å². The second kappa shape index (κ2) is 4.05. The first-order chi connectivity index (χ1) is 5.18. The minimum absolute atomic E-state index is 0.617. The van der Waals surface area contributed by atoms with Crippen LogP contribution in [-0.2, 0) is 0 Å². The van der Waals surface area contributed by atoms with Gasteiger partial charge in [-0.25, -0.2) is 4.39 Å².